The third-order valence-corrected chi connectivity index (χ3v) is 3.91. The average molecular weight is 309 g/mol. The zero-order valence-electron chi connectivity index (χ0n) is 10.7. The number of amides is 1. The Bertz CT molecular complexity index is 647. The van der Waals surface area contributed by atoms with Gasteiger partial charge in [-0.2, -0.15) is 0 Å². The number of aromatic nitrogens is 2. The van der Waals surface area contributed by atoms with E-state index >= 15 is 0 Å². The van der Waals surface area contributed by atoms with E-state index in [4.69, 9.17) is 0 Å². The number of carbonyl (C=O) groups excluding carboxylic acids is 2. The number of nitrogens with zero attached hydrogens (tertiary/aromatic N) is 2. The first-order valence-electron chi connectivity index (χ1n) is 5.53. The molecule has 0 radical (unpaired) electrons. The van der Waals surface area contributed by atoms with Crippen molar-refractivity contribution in [1.82, 2.24) is 9.97 Å². The van der Waals surface area contributed by atoms with Gasteiger partial charge < -0.3 is 4.74 Å². The van der Waals surface area contributed by atoms with E-state index in [0.717, 1.165) is 17.0 Å². The van der Waals surface area contributed by atoms with Gasteiger partial charge >= 0.3 is 5.97 Å². The summed E-state index contributed by atoms with van der Waals surface area (Å²) in [6.45, 7) is 1.68. The number of methoxy groups -OCH3 is 1. The number of aryl methyl sites for hydroxylation is 1. The normalized spacial score (nSPS) is 10.7. The predicted molar refractivity (Wildman–Crippen MR) is 78.0 cm³/mol. The van der Waals surface area contributed by atoms with Crippen molar-refractivity contribution >= 4 is 45.8 Å². The number of anilines is 1. The molecule has 20 heavy (non-hydrogen) atoms. The van der Waals surface area contributed by atoms with Crippen molar-refractivity contribution < 1.29 is 14.3 Å². The number of thiazole rings is 2. The van der Waals surface area contributed by atoms with Gasteiger partial charge in [-0.05, 0) is 13.0 Å². The zero-order chi connectivity index (χ0) is 14.5. The Balaban J connectivity index is 2.03. The van der Waals surface area contributed by atoms with Crippen LogP contribution in [0.25, 0.3) is 6.08 Å². The van der Waals surface area contributed by atoms with E-state index < -0.39 is 5.97 Å². The second kappa shape index (κ2) is 6.40. The summed E-state index contributed by atoms with van der Waals surface area (Å²) in [5.41, 5.74) is 2.93. The molecule has 8 heteroatoms. The van der Waals surface area contributed by atoms with Gasteiger partial charge in [0.15, 0.2) is 5.13 Å². The Morgan fingerprint density at radius 1 is 1.45 bits per heavy atom. The highest BCUT2D eigenvalue weighted by Gasteiger charge is 2.16. The molecule has 1 amide bonds. The fourth-order valence-corrected chi connectivity index (χ4v) is 2.75. The van der Waals surface area contributed by atoms with Crippen molar-refractivity contribution in [2.24, 2.45) is 0 Å². The van der Waals surface area contributed by atoms with Gasteiger partial charge in [-0.1, -0.05) is 11.3 Å². The number of ether oxygens (including phenoxy) is 1. The van der Waals surface area contributed by atoms with Crippen LogP contribution < -0.4 is 5.32 Å². The van der Waals surface area contributed by atoms with Crippen molar-refractivity contribution in [3.8, 4) is 0 Å². The van der Waals surface area contributed by atoms with Crippen LogP contribution in [0.15, 0.2) is 17.0 Å². The van der Waals surface area contributed by atoms with E-state index in [2.05, 4.69) is 20.0 Å². The summed E-state index contributed by atoms with van der Waals surface area (Å²) in [7, 11) is 1.30. The summed E-state index contributed by atoms with van der Waals surface area (Å²) >= 11 is 2.53. The lowest BCUT2D eigenvalue weighted by molar-refractivity contribution is -0.111. The monoisotopic (exact) mass is 309 g/mol. The number of hydrogen-bond acceptors (Lipinski definition) is 7. The molecule has 0 saturated carbocycles. The second-order valence-electron chi connectivity index (χ2n) is 3.66. The summed E-state index contributed by atoms with van der Waals surface area (Å²) < 4.78 is 4.63. The standard InChI is InChI=1S/C12H11N3O3S2/c1-7-10(11(17)18-2)20-12(14-7)15-9(16)4-3-8-5-19-6-13-8/h3-6H,1-2H3,(H,14,15,16)/b4-3+. The molecule has 6 nitrogen and oxygen atoms in total. The molecule has 2 heterocycles. The molecule has 0 aliphatic carbocycles. The number of carbonyl (C=O) groups is 2. The van der Waals surface area contributed by atoms with Crippen LogP contribution >= 0.6 is 22.7 Å². The van der Waals surface area contributed by atoms with Gasteiger partial charge in [0.2, 0.25) is 5.91 Å². The summed E-state index contributed by atoms with van der Waals surface area (Å²) in [6, 6.07) is 0. The Labute approximate surface area is 123 Å². The quantitative estimate of drug-likeness (QED) is 0.692. The molecule has 1 N–H and O–H groups in total. The Morgan fingerprint density at radius 2 is 2.25 bits per heavy atom. The van der Waals surface area contributed by atoms with Gasteiger partial charge in [0.1, 0.15) is 4.88 Å². The van der Waals surface area contributed by atoms with Crippen molar-refractivity contribution in [3.05, 3.63) is 33.2 Å². The summed E-state index contributed by atoms with van der Waals surface area (Å²) in [4.78, 5) is 31.6. The lowest BCUT2D eigenvalue weighted by Gasteiger charge is -1.94. The van der Waals surface area contributed by atoms with E-state index in [-0.39, 0.29) is 5.91 Å². The van der Waals surface area contributed by atoms with Crippen LogP contribution in [0.5, 0.6) is 0 Å². The fraction of sp³-hybridized carbons (Fsp3) is 0.167. The smallest absolute Gasteiger partial charge is 0.350 e. The highest BCUT2D eigenvalue weighted by Crippen LogP contribution is 2.23. The molecule has 0 saturated heterocycles. The van der Waals surface area contributed by atoms with Gasteiger partial charge in [0.05, 0.1) is 24.0 Å². The van der Waals surface area contributed by atoms with Crippen LogP contribution in [0.2, 0.25) is 0 Å². The number of rotatable bonds is 4. The lowest BCUT2D eigenvalue weighted by atomic mass is 10.4. The average Bonchev–Trinajstić information content (AvgIpc) is 3.05. The summed E-state index contributed by atoms with van der Waals surface area (Å²) in [5.74, 6) is -0.790. The van der Waals surface area contributed by atoms with Crippen molar-refractivity contribution in [2.75, 3.05) is 12.4 Å². The van der Waals surface area contributed by atoms with Crippen LogP contribution in [-0.4, -0.2) is 29.0 Å². The summed E-state index contributed by atoms with van der Waals surface area (Å²) in [6.07, 6.45) is 2.97. The van der Waals surface area contributed by atoms with Gasteiger partial charge in [-0.3, -0.25) is 10.1 Å². The topological polar surface area (TPSA) is 81.2 Å². The highest BCUT2D eigenvalue weighted by molar-refractivity contribution is 7.17. The molecule has 0 atom stereocenters. The molecule has 0 fully saturated rings. The zero-order valence-corrected chi connectivity index (χ0v) is 12.4. The molecule has 0 unspecified atom stereocenters. The van der Waals surface area contributed by atoms with Crippen molar-refractivity contribution in [2.45, 2.75) is 6.92 Å². The molecule has 2 aromatic heterocycles. The van der Waals surface area contributed by atoms with Crippen LogP contribution in [-0.2, 0) is 9.53 Å². The molecular formula is C12H11N3O3S2. The third kappa shape index (κ3) is 3.49. The van der Waals surface area contributed by atoms with Gasteiger partial charge in [0.25, 0.3) is 0 Å². The molecule has 2 aromatic rings. The van der Waals surface area contributed by atoms with Crippen LogP contribution in [0.1, 0.15) is 21.1 Å². The van der Waals surface area contributed by atoms with Gasteiger partial charge in [-0.25, -0.2) is 14.8 Å². The lowest BCUT2D eigenvalue weighted by Crippen LogP contribution is -2.07. The number of hydrogen-bond donors (Lipinski definition) is 1. The Hall–Kier alpha value is -2.06. The Kier molecular flexibility index (Phi) is 4.59. The maximum atomic E-state index is 11.7. The van der Waals surface area contributed by atoms with E-state index in [0.29, 0.717) is 15.7 Å². The highest BCUT2D eigenvalue weighted by atomic mass is 32.1. The first-order valence-corrected chi connectivity index (χ1v) is 7.29. The first-order chi connectivity index (χ1) is 9.60. The van der Waals surface area contributed by atoms with Crippen molar-refractivity contribution in [1.29, 1.82) is 0 Å². The Morgan fingerprint density at radius 3 is 2.90 bits per heavy atom. The molecule has 0 aromatic carbocycles. The minimum Gasteiger partial charge on any atom is -0.465 e. The maximum absolute atomic E-state index is 11.7. The minimum atomic E-state index is -0.460. The number of nitrogens with one attached hydrogen (secondary N) is 1. The fourth-order valence-electron chi connectivity index (χ4n) is 1.34. The number of esters is 1. The third-order valence-electron chi connectivity index (χ3n) is 2.25. The largest absolute Gasteiger partial charge is 0.465 e. The van der Waals surface area contributed by atoms with Gasteiger partial charge in [-0.15, -0.1) is 11.3 Å². The minimum absolute atomic E-state index is 0.330. The van der Waals surface area contributed by atoms with E-state index in [1.807, 2.05) is 5.38 Å². The molecular weight excluding hydrogens is 298 g/mol. The molecule has 2 rings (SSSR count). The molecule has 0 aliphatic heterocycles. The molecule has 0 spiro atoms. The summed E-state index contributed by atoms with van der Waals surface area (Å²) in [5, 5.41) is 4.78. The first kappa shape index (κ1) is 14.4. The molecule has 104 valence electrons. The maximum Gasteiger partial charge on any atom is 0.350 e. The van der Waals surface area contributed by atoms with Crippen LogP contribution in [0.4, 0.5) is 5.13 Å². The SMILES string of the molecule is COC(=O)c1sc(NC(=O)/C=C/c2cscn2)nc1C. The van der Waals surface area contributed by atoms with E-state index in [1.54, 1.807) is 18.5 Å². The van der Waals surface area contributed by atoms with Crippen LogP contribution in [0.3, 0.4) is 0 Å². The van der Waals surface area contributed by atoms with E-state index in [1.165, 1.54) is 24.5 Å². The predicted octanol–water partition coefficient (Wildman–Crippen LogP) is 2.35. The van der Waals surface area contributed by atoms with Crippen molar-refractivity contribution in [3.63, 3.8) is 0 Å². The van der Waals surface area contributed by atoms with Crippen LogP contribution in [0, 0.1) is 6.92 Å². The molecule has 0 aliphatic rings. The second-order valence-corrected chi connectivity index (χ2v) is 5.38. The van der Waals surface area contributed by atoms with E-state index in [9.17, 15) is 9.59 Å². The molecule has 0 bridgehead atoms. The van der Waals surface area contributed by atoms with Gasteiger partial charge in [0, 0.05) is 11.5 Å².